The summed E-state index contributed by atoms with van der Waals surface area (Å²) in [5.74, 6) is -1.06. The number of amides is 3. The summed E-state index contributed by atoms with van der Waals surface area (Å²) < 4.78 is 11.5. The van der Waals surface area contributed by atoms with E-state index in [2.05, 4.69) is 4.98 Å². The van der Waals surface area contributed by atoms with Gasteiger partial charge in [-0.15, -0.1) is 0 Å². The molecule has 9 nitrogen and oxygen atoms in total. The van der Waals surface area contributed by atoms with Gasteiger partial charge >= 0.3 is 4.87 Å². The smallest absolute Gasteiger partial charge is 0.305 e. The molecule has 2 aromatic carbocycles. The van der Waals surface area contributed by atoms with Crippen molar-refractivity contribution in [2.45, 2.75) is 42.4 Å². The van der Waals surface area contributed by atoms with E-state index >= 15 is 0 Å². The van der Waals surface area contributed by atoms with Crippen LogP contribution in [-0.2, 0) is 14.4 Å². The Balaban J connectivity index is 1.32. The minimum atomic E-state index is -0.699. The van der Waals surface area contributed by atoms with Crippen molar-refractivity contribution in [3.8, 4) is 11.5 Å². The summed E-state index contributed by atoms with van der Waals surface area (Å²) in [5.41, 5.74) is 2.29. The van der Waals surface area contributed by atoms with Crippen molar-refractivity contribution < 1.29 is 23.9 Å². The zero-order chi connectivity index (χ0) is 28.0. The first-order valence-electron chi connectivity index (χ1n) is 13.3. The average Bonchev–Trinajstić information content (AvgIpc) is 3.46. The molecule has 3 amide bonds. The number of carbonyl (C=O) groups excluding carboxylic acids is 3. The maximum Gasteiger partial charge on any atom is 0.305 e. The zero-order valence-electron chi connectivity index (χ0n) is 22.2. The van der Waals surface area contributed by atoms with E-state index < -0.39 is 17.1 Å². The lowest BCUT2D eigenvalue weighted by Gasteiger charge is -2.30. The average molecular weight is 580 g/mol. The van der Waals surface area contributed by atoms with Crippen molar-refractivity contribution in [1.29, 1.82) is 0 Å². The monoisotopic (exact) mass is 579 g/mol. The van der Waals surface area contributed by atoms with Gasteiger partial charge in [0.15, 0.2) is 18.1 Å². The van der Waals surface area contributed by atoms with Gasteiger partial charge in [0, 0.05) is 23.9 Å². The molecule has 1 aromatic heterocycles. The summed E-state index contributed by atoms with van der Waals surface area (Å²) >= 11 is 2.30. The summed E-state index contributed by atoms with van der Waals surface area (Å²) in [5, 5.41) is -0.0692. The van der Waals surface area contributed by atoms with Crippen LogP contribution in [0, 0.1) is 12.8 Å². The number of hydrogen-bond donors (Lipinski definition) is 1. The van der Waals surface area contributed by atoms with Crippen molar-refractivity contribution in [3.05, 3.63) is 68.1 Å². The Morgan fingerprint density at radius 1 is 1.00 bits per heavy atom. The highest BCUT2D eigenvalue weighted by Gasteiger charge is 2.56. The number of methoxy groups -OCH3 is 1. The molecule has 3 atom stereocenters. The van der Waals surface area contributed by atoms with E-state index in [4.69, 9.17) is 9.47 Å². The van der Waals surface area contributed by atoms with Crippen molar-refractivity contribution in [2.24, 2.45) is 5.92 Å². The number of benzene rings is 2. The molecule has 40 heavy (non-hydrogen) atoms. The Morgan fingerprint density at radius 2 is 1.75 bits per heavy atom. The van der Waals surface area contributed by atoms with E-state index in [9.17, 15) is 19.2 Å². The fourth-order valence-electron chi connectivity index (χ4n) is 5.70. The molecule has 3 aliphatic rings. The molecule has 3 aromatic rings. The summed E-state index contributed by atoms with van der Waals surface area (Å²) in [4.78, 5) is 58.9. The molecule has 6 rings (SSSR count). The van der Waals surface area contributed by atoms with Gasteiger partial charge in [0.2, 0.25) is 11.8 Å². The zero-order valence-corrected chi connectivity index (χ0v) is 23.8. The molecule has 2 saturated heterocycles. The predicted octanol–water partition coefficient (Wildman–Crippen LogP) is 3.94. The first-order valence-corrected chi connectivity index (χ1v) is 15.0. The highest BCUT2D eigenvalue weighted by molar-refractivity contribution is 8.00. The van der Waals surface area contributed by atoms with Gasteiger partial charge in [0.1, 0.15) is 5.25 Å². The van der Waals surface area contributed by atoms with Crippen molar-refractivity contribution in [2.75, 3.05) is 31.7 Å². The summed E-state index contributed by atoms with van der Waals surface area (Å²) in [6, 6.07) is 12.6. The number of rotatable bonds is 6. The third-order valence-electron chi connectivity index (χ3n) is 7.72. The number of aromatic nitrogens is 1. The number of ether oxygens (including phenoxy) is 2. The largest absolute Gasteiger partial charge is 0.493 e. The number of imide groups is 1. The first-order chi connectivity index (χ1) is 19.4. The number of aromatic amines is 1. The van der Waals surface area contributed by atoms with Gasteiger partial charge in [-0.05, 0) is 56.0 Å². The lowest BCUT2D eigenvalue weighted by Crippen LogP contribution is -2.38. The Morgan fingerprint density at radius 3 is 2.48 bits per heavy atom. The van der Waals surface area contributed by atoms with Crippen LogP contribution >= 0.6 is 23.1 Å². The number of likely N-dealkylation sites (tertiary alicyclic amines) is 1. The van der Waals surface area contributed by atoms with E-state index in [-0.39, 0.29) is 29.2 Å². The molecule has 4 heterocycles. The van der Waals surface area contributed by atoms with Crippen LogP contribution in [-0.4, -0.2) is 59.7 Å². The topological polar surface area (TPSA) is 109 Å². The van der Waals surface area contributed by atoms with E-state index in [0.717, 1.165) is 59.7 Å². The van der Waals surface area contributed by atoms with Crippen LogP contribution < -0.4 is 19.2 Å². The predicted molar refractivity (Wildman–Crippen MR) is 153 cm³/mol. The number of aryl methyl sites for hydroxylation is 1. The number of nitrogens with one attached hydrogen (secondary N) is 1. The minimum absolute atomic E-state index is 0.0639. The standard InChI is InChI=1S/C29H29N3O6S2/c1-16-6-9-18(10-7-16)32-27(34)23-22(24-26(30-29(36)40-24)39-25(23)28(32)35)17-8-11-19(20(14-17)37-2)38-15-21(33)31-12-4-3-5-13-31/h6-11,14,22-23,25H,3-5,12-13,15H2,1-2H3,(H,30,36). The number of thioether (sulfide) groups is 1. The fourth-order valence-corrected chi connectivity index (χ4v) is 8.21. The minimum Gasteiger partial charge on any atom is -0.493 e. The second kappa shape index (κ2) is 10.8. The van der Waals surface area contributed by atoms with Gasteiger partial charge in [-0.2, -0.15) is 0 Å². The Bertz CT molecular complexity index is 1530. The van der Waals surface area contributed by atoms with Crippen LogP contribution in [0.3, 0.4) is 0 Å². The molecule has 11 heteroatoms. The molecule has 0 aliphatic carbocycles. The van der Waals surface area contributed by atoms with Crippen LogP contribution in [0.5, 0.6) is 11.5 Å². The molecule has 0 saturated carbocycles. The van der Waals surface area contributed by atoms with Gasteiger partial charge < -0.3 is 19.4 Å². The third-order valence-corrected chi connectivity index (χ3v) is 10.1. The highest BCUT2D eigenvalue weighted by atomic mass is 32.2. The Labute approximate surface area is 239 Å². The third kappa shape index (κ3) is 4.71. The number of anilines is 1. The SMILES string of the molecule is COc1cc(C2c3sc(=O)[nH]c3SC3C(=O)N(c4ccc(C)cc4)C(=O)C32)ccc1OCC(=O)N1CCCCC1. The molecule has 208 valence electrons. The normalized spacial score (nSPS) is 22.2. The number of thiazole rings is 1. The number of carbonyl (C=O) groups is 3. The van der Waals surface area contributed by atoms with Crippen LogP contribution in [0.15, 0.2) is 52.3 Å². The number of hydrogen-bond acceptors (Lipinski definition) is 8. The van der Waals surface area contributed by atoms with Crippen molar-refractivity contribution in [3.63, 3.8) is 0 Å². The quantitative estimate of drug-likeness (QED) is 0.441. The lowest BCUT2D eigenvalue weighted by molar-refractivity contribution is -0.134. The van der Waals surface area contributed by atoms with E-state index in [1.807, 2.05) is 30.0 Å². The molecular formula is C29H29N3O6S2. The second-order valence-corrected chi connectivity index (χ2v) is 12.4. The molecular weight excluding hydrogens is 550 g/mol. The lowest BCUT2D eigenvalue weighted by atomic mass is 9.83. The van der Waals surface area contributed by atoms with Crippen LogP contribution in [0.4, 0.5) is 5.69 Å². The number of H-pyrrole nitrogens is 1. The van der Waals surface area contributed by atoms with E-state index in [0.29, 0.717) is 22.2 Å². The van der Waals surface area contributed by atoms with Gasteiger partial charge in [-0.3, -0.25) is 19.2 Å². The second-order valence-electron chi connectivity index (χ2n) is 10.2. The summed E-state index contributed by atoms with van der Waals surface area (Å²) in [6.45, 7) is 3.34. The molecule has 0 bridgehead atoms. The number of piperidine rings is 1. The fraction of sp³-hybridized carbons (Fsp3) is 0.379. The Kier molecular flexibility index (Phi) is 7.18. The highest BCUT2D eigenvalue weighted by Crippen LogP contribution is 2.53. The first kappa shape index (κ1) is 26.6. The van der Waals surface area contributed by atoms with Crippen LogP contribution in [0.2, 0.25) is 0 Å². The number of fused-ring (bicyclic) bond motifs is 2. The van der Waals surface area contributed by atoms with Crippen molar-refractivity contribution in [1.82, 2.24) is 9.88 Å². The molecule has 0 spiro atoms. The maximum absolute atomic E-state index is 13.9. The Hall–Kier alpha value is -3.57. The van der Waals surface area contributed by atoms with Crippen LogP contribution in [0.25, 0.3) is 0 Å². The van der Waals surface area contributed by atoms with Gasteiger partial charge in [0.05, 0.1) is 23.7 Å². The molecule has 3 unspecified atom stereocenters. The van der Waals surface area contributed by atoms with Crippen LogP contribution in [0.1, 0.15) is 41.2 Å². The van der Waals surface area contributed by atoms with Gasteiger partial charge in [-0.25, -0.2) is 4.90 Å². The van der Waals surface area contributed by atoms with E-state index in [1.54, 1.807) is 24.3 Å². The number of nitrogens with zero attached hydrogens (tertiary/aromatic N) is 2. The summed E-state index contributed by atoms with van der Waals surface area (Å²) in [6.07, 6.45) is 3.14. The molecule has 2 fully saturated rings. The maximum atomic E-state index is 13.9. The van der Waals surface area contributed by atoms with Crippen molar-refractivity contribution >= 4 is 46.5 Å². The van der Waals surface area contributed by atoms with Gasteiger partial charge in [0.25, 0.3) is 5.91 Å². The molecule has 1 N–H and O–H groups in total. The van der Waals surface area contributed by atoms with E-state index in [1.165, 1.54) is 23.8 Å². The van der Waals surface area contributed by atoms with Gasteiger partial charge in [-0.1, -0.05) is 46.9 Å². The molecule has 0 radical (unpaired) electrons. The summed E-state index contributed by atoms with van der Waals surface area (Å²) in [7, 11) is 1.52. The molecule has 3 aliphatic heterocycles.